The Hall–Kier alpha value is -1.10. The monoisotopic (exact) mass is 252 g/mol. The average molecular weight is 252 g/mol. The van der Waals surface area contributed by atoms with Crippen LogP contribution < -0.4 is 0 Å². The molecule has 92 valence electrons. The average Bonchev–Trinajstić information content (AvgIpc) is 2.22. The number of hydrogen-bond donors (Lipinski definition) is 1. The van der Waals surface area contributed by atoms with E-state index in [1.807, 2.05) is 6.92 Å². The Bertz CT molecular complexity index is 444. The molecule has 1 aromatic heterocycles. The van der Waals surface area contributed by atoms with Crippen molar-refractivity contribution in [3.8, 4) is 0 Å². The van der Waals surface area contributed by atoms with E-state index in [2.05, 4.69) is 9.97 Å². The first kappa shape index (κ1) is 12.4. The lowest BCUT2D eigenvalue weighted by atomic mass is 10.0. The topological polar surface area (TPSA) is 63.1 Å². The van der Waals surface area contributed by atoms with Gasteiger partial charge in [0.25, 0.3) is 0 Å². The van der Waals surface area contributed by atoms with Gasteiger partial charge < -0.3 is 5.11 Å². The van der Waals surface area contributed by atoms with Gasteiger partial charge in [0.15, 0.2) is 0 Å². The zero-order chi connectivity index (χ0) is 12.4. The molecular weight excluding hydrogens is 236 g/mol. The van der Waals surface area contributed by atoms with Crippen molar-refractivity contribution in [1.29, 1.82) is 0 Å². The first-order valence-electron chi connectivity index (χ1n) is 5.89. The van der Waals surface area contributed by atoms with Crippen molar-refractivity contribution in [2.75, 3.05) is 0 Å². The van der Waals surface area contributed by atoms with Crippen molar-refractivity contribution in [1.82, 2.24) is 9.97 Å². The first-order valence-corrected chi connectivity index (χ1v) is 6.77. The predicted octanol–water partition coefficient (Wildman–Crippen LogP) is 2.69. The number of carbonyl (C=O) groups is 1. The van der Waals surface area contributed by atoms with Crippen LogP contribution in [0.3, 0.4) is 0 Å². The summed E-state index contributed by atoms with van der Waals surface area (Å²) in [6.07, 6.45) is 4.30. The summed E-state index contributed by atoms with van der Waals surface area (Å²) in [6, 6.07) is 0. The summed E-state index contributed by atoms with van der Waals surface area (Å²) < 4.78 is 0. The van der Waals surface area contributed by atoms with Crippen LogP contribution in [-0.4, -0.2) is 26.3 Å². The van der Waals surface area contributed by atoms with Gasteiger partial charge >= 0.3 is 5.97 Å². The van der Waals surface area contributed by atoms with E-state index >= 15 is 0 Å². The lowest BCUT2D eigenvalue weighted by molar-refractivity contribution is 0.0690. The molecule has 1 fully saturated rings. The molecule has 0 spiro atoms. The fourth-order valence-electron chi connectivity index (χ4n) is 1.74. The number of carboxylic acid groups (broad SMARTS) is 1. The van der Waals surface area contributed by atoms with Crippen molar-refractivity contribution >= 4 is 17.7 Å². The largest absolute Gasteiger partial charge is 0.478 e. The number of hydrogen-bond acceptors (Lipinski definition) is 4. The Balaban J connectivity index is 2.36. The van der Waals surface area contributed by atoms with Crippen LogP contribution in [0.2, 0.25) is 0 Å². The minimum absolute atomic E-state index is 0.277. The number of thioether (sulfide) groups is 1. The van der Waals surface area contributed by atoms with Gasteiger partial charge in [-0.05, 0) is 19.8 Å². The zero-order valence-electron chi connectivity index (χ0n) is 10.1. The Kier molecular flexibility index (Phi) is 3.66. The van der Waals surface area contributed by atoms with Crippen LogP contribution in [0.5, 0.6) is 0 Å². The van der Waals surface area contributed by atoms with Gasteiger partial charge in [0.05, 0.1) is 5.69 Å². The number of nitrogens with zero attached hydrogens (tertiary/aromatic N) is 2. The van der Waals surface area contributed by atoms with Crippen molar-refractivity contribution in [3.05, 3.63) is 17.1 Å². The number of aryl methyl sites for hydroxylation is 2. The number of rotatable bonds is 4. The molecule has 0 saturated heterocycles. The predicted molar refractivity (Wildman–Crippen MR) is 66.6 cm³/mol. The number of aromatic carboxylic acids is 1. The molecule has 0 atom stereocenters. The van der Waals surface area contributed by atoms with E-state index in [4.69, 9.17) is 0 Å². The maximum Gasteiger partial charge on any atom is 0.340 e. The van der Waals surface area contributed by atoms with E-state index in [1.165, 1.54) is 6.42 Å². The van der Waals surface area contributed by atoms with E-state index in [0.717, 1.165) is 25.1 Å². The van der Waals surface area contributed by atoms with Gasteiger partial charge in [-0.15, -0.1) is 11.8 Å². The van der Waals surface area contributed by atoms with Crippen LogP contribution in [0.15, 0.2) is 5.03 Å². The van der Waals surface area contributed by atoms with Crippen molar-refractivity contribution in [2.45, 2.75) is 49.8 Å². The molecule has 0 bridgehead atoms. The normalized spacial score (nSPS) is 15.6. The minimum atomic E-state index is -0.924. The second-order valence-corrected chi connectivity index (χ2v) is 5.52. The molecule has 0 aliphatic heterocycles. The van der Waals surface area contributed by atoms with Crippen LogP contribution >= 0.6 is 11.8 Å². The van der Waals surface area contributed by atoms with Crippen molar-refractivity contribution in [3.63, 3.8) is 0 Å². The molecule has 17 heavy (non-hydrogen) atoms. The summed E-state index contributed by atoms with van der Waals surface area (Å²) in [5, 5.41) is 10.4. The van der Waals surface area contributed by atoms with Gasteiger partial charge in [0.2, 0.25) is 0 Å². The SMILES string of the molecule is CCc1nc(C)c(C(=O)O)c(SC2CCC2)n1. The van der Waals surface area contributed by atoms with Gasteiger partial charge in [0.1, 0.15) is 16.4 Å². The maximum absolute atomic E-state index is 11.2. The lowest BCUT2D eigenvalue weighted by Gasteiger charge is -2.24. The van der Waals surface area contributed by atoms with Crippen LogP contribution in [0.4, 0.5) is 0 Å². The third-order valence-corrected chi connectivity index (χ3v) is 4.29. The summed E-state index contributed by atoms with van der Waals surface area (Å²) in [4.78, 5) is 19.8. The summed E-state index contributed by atoms with van der Waals surface area (Å²) >= 11 is 1.60. The Morgan fingerprint density at radius 2 is 2.18 bits per heavy atom. The quantitative estimate of drug-likeness (QED) is 0.835. The highest BCUT2D eigenvalue weighted by atomic mass is 32.2. The molecule has 5 heteroatoms. The summed E-state index contributed by atoms with van der Waals surface area (Å²) in [5.41, 5.74) is 0.852. The zero-order valence-corrected chi connectivity index (χ0v) is 10.9. The third-order valence-electron chi connectivity index (χ3n) is 2.96. The van der Waals surface area contributed by atoms with Gasteiger partial charge in [-0.25, -0.2) is 14.8 Å². The molecule has 2 rings (SSSR count). The summed E-state index contributed by atoms with van der Waals surface area (Å²) in [7, 11) is 0. The Morgan fingerprint density at radius 3 is 2.65 bits per heavy atom. The molecule has 1 aromatic rings. The van der Waals surface area contributed by atoms with Crippen LogP contribution in [-0.2, 0) is 6.42 Å². The van der Waals surface area contributed by atoms with Gasteiger partial charge in [-0.2, -0.15) is 0 Å². The molecule has 0 amide bonds. The molecule has 0 radical (unpaired) electrons. The standard InChI is InChI=1S/C12H16N2O2S/c1-3-9-13-7(2)10(12(15)16)11(14-9)17-8-5-4-6-8/h8H,3-6H2,1-2H3,(H,15,16). The molecule has 1 aliphatic carbocycles. The number of aromatic nitrogens is 2. The lowest BCUT2D eigenvalue weighted by Crippen LogP contribution is -2.16. The van der Waals surface area contributed by atoms with Gasteiger partial charge in [-0.1, -0.05) is 13.3 Å². The van der Waals surface area contributed by atoms with E-state index in [0.29, 0.717) is 16.0 Å². The highest BCUT2D eigenvalue weighted by molar-refractivity contribution is 8.00. The van der Waals surface area contributed by atoms with Gasteiger partial charge in [-0.3, -0.25) is 0 Å². The maximum atomic E-state index is 11.2. The Labute approximate surface area is 105 Å². The second-order valence-electron chi connectivity index (χ2n) is 4.23. The molecule has 0 aromatic carbocycles. The fourth-order valence-corrected chi connectivity index (χ4v) is 3.13. The van der Waals surface area contributed by atoms with Crippen LogP contribution in [0.1, 0.15) is 48.1 Å². The van der Waals surface area contributed by atoms with E-state index < -0.39 is 5.97 Å². The highest BCUT2D eigenvalue weighted by Crippen LogP contribution is 2.37. The van der Waals surface area contributed by atoms with E-state index in [-0.39, 0.29) is 5.56 Å². The minimum Gasteiger partial charge on any atom is -0.478 e. The van der Waals surface area contributed by atoms with E-state index in [9.17, 15) is 9.90 Å². The molecule has 1 heterocycles. The molecule has 0 unspecified atom stereocenters. The molecule has 1 saturated carbocycles. The van der Waals surface area contributed by atoms with Crippen molar-refractivity contribution in [2.24, 2.45) is 0 Å². The molecule has 4 nitrogen and oxygen atoms in total. The fraction of sp³-hybridized carbons (Fsp3) is 0.583. The summed E-state index contributed by atoms with van der Waals surface area (Å²) in [6.45, 7) is 3.72. The van der Waals surface area contributed by atoms with Gasteiger partial charge in [0, 0.05) is 11.7 Å². The summed E-state index contributed by atoms with van der Waals surface area (Å²) in [5.74, 6) is -0.193. The molecule has 1 N–H and O–H groups in total. The van der Waals surface area contributed by atoms with Crippen LogP contribution in [0, 0.1) is 6.92 Å². The molecule has 1 aliphatic rings. The molecular formula is C12H16N2O2S. The van der Waals surface area contributed by atoms with E-state index in [1.54, 1.807) is 18.7 Å². The van der Waals surface area contributed by atoms with Crippen LogP contribution in [0.25, 0.3) is 0 Å². The number of carboxylic acids is 1. The first-order chi connectivity index (χ1) is 8.11. The smallest absolute Gasteiger partial charge is 0.340 e. The third kappa shape index (κ3) is 2.60. The highest BCUT2D eigenvalue weighted by Gasteiger charge is 2.24. The van der Waals surface area contributed by atoms with Crippen molar-refractivity contribution < 1.29 is 9.90 Å². The Morgan fingerprint density at radius 1 is 1.47 bits per heavy atom. The second kappa shape index (κ2) is 5.04.